The Morgan fingerprint density at radius 2 is 1.67 bits per heavy atom. The average Bonchev–Trinajstić information content (AvgIpc) is 3.11. The summed E-state index contributed by atoms with van der Waals surface area (Å²) in [5.74, 6) is -0.268. The van der Waals surface area contributed by atoms with Gasteiger partial charge in [-0.3, -0.25) is 19.4 Å². The highest BCUT2D eigenvalue weighted by Crippen LogP contribution is 2.49. The third-order valence-electron chi connectivity index (χ3n) is 7.84. The molecule has 8 nitrogen and oxygen atoms in total. The van der Waals surface area contributed by atoms with Gasteiger partial charge in [-0.15, -0.1) is 0 Å². The van der Waals surface area contributed by atoms with Crippen LogP contribution in [0.3, 0.4) is 0 Å². The van der Waals surface area contributed by atoms with E-state index in [9.17, 15) is 18.0 Å². The van der Waals surface area contributed by atoms with Gasteiger partial charge < -0.3 is 5.32 Å². The number of carbonyl (C=O) groups is 2. The number of anilines is 2. The highest BCUT2D eigenvalue weighted by Gasteiger charge is 2.53. The summed E-state index contributed by atoms with van der Waals surface area (Å²) >= 11 is 0. The van der Waals surface area contributed by atoms with Gasteiger partial charge in [-0.1, -0.05) is 42.5 Å². The van der Waals surface area contributed by atoms with E-state index < -0.39 is 15.6 Å². The van der Waals surface area contributed by atoms with Gasteiger partial charge in [0.2, 0.25) is 21.8 Å². The second-order valence-corrected chi connectivity index (χ2v) is 13.0. The molecule has 2 fully saturated rings. The number of para-hydroxylation sites is 2. The lowest BCUT2D eigenvalue weighted by Crippen LogP contribution is -2.49. The zero-order valence-corrected chi connectivity index (χ0v) is 21.8. The van der Waals surface area contributed by atoms with Gasteiger partial charge in [-0.2, -0.15) is 4.31 Å². The molecule has 0 saturated carbocycles. The summed E-state index contributed by atoms with van der Waals surface area (Å²) in [6.07, 6.45) is 2.51. The first kappa shape index (κ1) is 24.9. The predicted octanol–water partition coefficient (Wildman–Crippen LogP) is 3.07. The summed E-state index contributed by atoms with van der Waals surface area (Å²) < 4.78 is 28.5. The summed E-state index contributed by atoms with van der Waals surface area (Å²) in [5, 5.41) is 2.82. The Morgan fingerprint density at radius 1 is 1.00 bits per heavy atom. The fraction of sp³-hybridized carbons (Fsp3) is 0.481. The maximum absolute atomic E-state index is 13.4. The van der Waals surface area contributed by atoms with Crippen LogP contribution < -0.4 is 10.2 Å². The van der Waals surface area contributed by atoms with Crippen molar-refractivity contribution in [3.8, 4) is 0 Å². The Labute approximate surface area is 213 Å². The number of benzene rings is 2. The zero-order chi connectivity index (χ0) is 25.6. The first-order chi connectivity index (χ1) is 17.1. The minimum atomic E-state index is -3.46. The third kappa shape index (κ3) is 4.92. The van der Waals surface area contributed by atoms with E-state index in [2.05, 4.69) is 10.2 Å². The smallest absolute Gasteiger partial charge is 0.244 e. The van der Waals surface area contributed by atoms with Crippen LogP contribution in [0.25, 0.3) is 0 Å². The van der Waals surface area contributed by atoms with Crippen LogP contribution in [0, 0.1) is 5.41 Å². The van der Waals surface area contributed by atoms with Crippen LogP contribution in [-0.4, -0.2) is 67.7 Å². The minimum Gasteiger partial charge on any atom is -0.323 e. The molecule has 0 radical (unpaired) electrons. The molecule has 3 aliphatic rings. The van der Waals surface area contributed by atoms with E-state index in [1.165, 1.54) is 0 Å². The quantitative estimate of drug-likeness (QED) is 0.668. The van der Waals surface area contributed by atoms with Gasteiger partial charge in [0.25, 0.3) is 0 Å². The fourth-order valence-corrected chi connectivity index (χ4v) is 8.23. The SMILES string of the molecule is CC1(C)CC2(CCN(CC(=O)N3CC(=O)Nc4ccccc43)CC2)CN1S(=O)(=O)Cc1ccccc1. The summed E-state index contributed by atoms with van der Waals surface area (Å²) in [7, 11) is -3.46. The number of fused-ring (bicyclic) bond motifs is 1. The number of sulfonamides is 1. The number of nitrogens with one attached hydrogen (secondary N) is 1. The van der Waals surface area contributed by atoms with Gasteiger partial charge in [-0.05, 0) is 69.3 Å². The van der Waals surface area contributed by atoms with Gasteiger partial charge >= 0.3 is 0 Å². The normalized spacial score (nSPS) is 21.8. The zero-order valence-electron chi connectivity index (χ0n) is 20.9. The molecule has 36 heavy (non-hydrogen) atoms. The van der Waals surface area contributed by atoms with Crippen LogP contribution in [0.15, 0.2) is 54.6 Å². The summed E-state index contributed by atoms with van der Waals surface area (Å²) in [5.41, 5.74) is 1.66. The lowest BCUT2D eigenvalue weighted by atomic mass is 9.74. The van der Waals surface area contributed by atoms with Crippen molar-refractivity contribution >= 4 is 33.2 Å². The summed E-state index contributed by atoms with van der Waals surface area (Å²) in [4.78, 5) is 29.0. The second kappa shape index (κ2) is 9.28. The number of hydrogen-bond acceptors (Lipinski definition) is 5. The van der Waals surface area contributed by atoms with Crippen LogP contribution in [0.5, 0.6) is 0 Å². The summed E-state index contributed by atoms with van der Waals surface area (Å²) in [6, 6.07) is 16.7. The molecule has 192 valence electrons. The first-order valence-corrected chi connectivity index (χ1v) is 14.1. The van der Waals surface area contributed by atoms with Crippen molar-refractivity contribution in [1.29, 1.82) is 0 Å². The van der Waals surface area contributed by atoms with Gasteiger partial charge in [-0.25, -0.2) is 8.42 Å². The van der Waals surface area contributed by atoms with Crippen LogP contribution >= 0.6 is 0 Å². The average molecular weight is 511 g/mol. The fourth-order valence-electron chi connectivity index (χ4n) is 6.17. The molecule has 9 heteroatoms. The Kier molecular flexibility index (Phi) is 6.43. The number of likely N-dealkylation sites (tertiary alicyclic amines) is 1. The number of rotatable bonds is 5. The highest BCUT2D eigenvalue weighted by molar-refractivity contribution is 7.88. The molecule has 2 amide bonds. The molecular weight excluding hydrogens is 476 g/mol. The van der Waals surface area contributed by atoms with Crippen molar-refractivity contribution in [3.05, 3.63) is 60.2 Å². The Morgan fingerprint density at radius 3 is 2.39 bits per heavy atom. The molecular formula is C27H34N4O4S. The molecule has 2 saturated heterocycles. The number of carbonyl (C=O) groups excluding carboxylic acids is 2. The molecule has 5 rings (SSSR count). The molecule has 0 bridgehead atoms. The Hall–Kier alpha value is -2.75. The number of amides is 2. The lowest BCUT2D eigenvalue weighted by Gasteiger charge is -2.40. The topological polar surface area (TPSA) is 90.0 Å². The van der Waals surface area contributed by atoms with Gasteiger partial charge in [0, 0.05) is 12.1 Å². The summed E-state index contributed by atoms with van der Waals surface area (Å²) in [6.45, 7) is 6.31. The van der Waals surface area contributed by atoms with E-state index in [0.29, 0.717) is 12.2 Å². The first-order valence-electron chi connectivity index (χ1n) is 12.5. The van der Waals surface area contributed by atoms with E-state index in [0.717, 1.165) is 43.6 Å². The number of piperidine rings is 1. The molecule has 0 aliphatic carbocycles. The van der Waals surface area contributed by atoms with E-state index in [-0.39, 0.29) is 36.1 Å². The van der Waals surface area contributed by atoms with Crippen LogP contribution in [0.4, 0.5) is 11.4 Å². The van der Waals surface area contributed by atoms with Crippen molar-refractivity contribution in [2.75, 3.05) is 42.9 Å². The van der Waals surface area contributed by atoms with Gasteiger partial charge in [0.05, 0.1) is 23.7 Å². The monoisotopic (exact) mass is 510 g/mol. The molecule has 1 N–H and O–H groups in total. The molecule has 2 aromatic rings. The van der Waals surface area contributed by atoms with Gasteiger partial charge in [0.15, 0.2) is 0 Å². The molecule has 2 aromatic carbocycles. The highest BCUT2D eigenvalue weighted by atomic mass is 32.2. The van der Waals surface area contributed by atoms with Crippen molar-refractivity contribution in [3.63, 3.8) is 0 Å². The molecule has 0 unspecified atom stereocenters. The molecule has 3 heterocycles. The Balaban J connectivity index is 1.23. The number of hydrogen-bond donors (Lipinski definition) is 1. The van der Waals surface area contributed by atoms with Crippen LogP contribution in [0.1, 0.15) is 38.7 Å². The minimum absolute atomic E-state index is 0.0128. The van der Waals surface area contributed by atoms with E-state index >= 15 is 0 Å². The van der Waals surface area contributed by atoms with Crippen LogP contribution in [-0.2, 0) is 25.4 Å². The van der Waals surface area contributed by atoms with E-state index in [1.807, 2.05) is 62.4 Å². The second-order valence-electron chi connectivity index (χ2n) is 11.1. The van der Waals surface area contributed by atoms with Crippen LogP contribution in [0.2, 0.25) is 0 Å². The predicted molar refractivity (Wildman–Crippen MR) is 140 cm³/mol. The largest absolute Gasteiger partial charge is 0.323 e. The standard InChI is InChI=1S/C27H34N4O4S/c1-26(2)19-27(20-31(26)36(34,35)18-21-8-4-3-5-9-21)12-14-29(15-13-27)17-25(33)30-16-24(32)28-22-10-6-7-11-23(22)30/h3-11H,12-20H2,1-2H3,(H,28,32). The Bertz CT molecular complexity index is 1250. The van der Waals surface area contributed by atoms with Crippen molar-refractivity contribution in [2.45, 2.75) is 44.4 Å². The van der Waals surface area contributed by atoms with Crippen molar-refractivity contribution in [2.24, 2.45) is 5.41 Å². The number of nitrogens with zero attached hydrogens (tertiary/aromatic N) is 3. The molecule has 0 atom stereocenters. The van der Waals surface area contributed by atoms with Crippen molar-refractivity contribution < 1.29 is 18.0 Å². The molecule has 3 aliphatic heterocycles. The van der Waals surface area contributed by atoms with Crippen molar-refractivity contribution in [1.82, 2.24) is 9.21 Å². The van der Waals surface area contributed by atoms with E-state index in [1.54, 1.807) is 15.3 Å². The molecule has 0 aromatic heterocycles. The molecule has 1 spiro atoms. The third-order valence-corrected chi connectivity index (χ3v) is 9.83. The lowest BCUT2D eigenvalue weighted by molar-refractivity contribution is -0.123. The van der Waals surface area contributed by atoms with E-state index in [4.69, 9.17) is 0 Å². The maximum atomic E-state index is 13.4. The maximum Gasteiger partial charge on any atom is 0.244 e. The van der Waals surface area contributed by atoms with Gasteiger partial charge in [0.1, 0.15) is 6.54 Å².